The summed E-state index contributed by atoms with van der Waals surface area (Å²) in [5, 5.41) is 11.4. The highest BCUT2D eigenvalue weighted by Crippen LogP contribution is 2.08. The van der Waals surface area contributed by atoms with E-state index >= 15 is 0 Å². The van der Waals surface area contributed by atoms with Gasteiger partial charge in [-0.05, 0) is 25.1 Å². The molecule has 5 heteroatoms. The van der Waals surface area contributed by atoms with Crippen molar-refractivity contribution in [2.24, 2.45) is 0 Å². The number of carbonyl (C=O) groups excluding carboxylic acids is 2. The van der Waals surface area contributed by atoms with E-state index in [1.54, 1.807) is 31.3 Å². The molecule has 0 aliphatic heterocycles. The number of aliphatic hydroxyl groups is 1. The molecule has 2 amide bonds. The van der Waals surface area contributed by atoms with Gasteiger partial charge in [-0.15, -0.1) is 0 Å². The molecule has 98 valence electrons. The first kappa shape index (κ1) is 14.2. The van der Waals surface area contributed by atoms with Gasteiger partial charge in [0.2, 0.25) is 0 Å². The number of rotatable bonds is 5. The molecule has 0 radical (unpaired) electrons. The molecule has 0 fully saturated rings. The summed E-state index contributed by atoms with van der Waals surface area (Å²) in [4.78, 5) is 25.1. The van der Waals surface area contributed by atoms with Gasteiger partial charge in [0.05, 0.1) is 6.61 Å². The standard InChI is InChI=1S/C13H18N2O3/c1-3-15(7-8-16)13(18)11-6-4-5-10(9-11)12(17)14-2/h4-6,9,16H,3,7-8H2,1-2H3,(H,14,17). The SMILES string of the molecule is CCN(CCO)C(=O)c1cccc(C(=O)NC)c1. The highest BCUT2D eigenvalue weighted by atomic mass is 16.3. The van der Waals surface area contributed by atoms with Gasteiger partial charge in [-0.2, -0.15) is 0 Å². The zero-order valence-electron chi connectivity index (χ0n) is 10.6. The molecular weight excluding hydrogens is 232 g/mol. The summed E-state index contributed by atoms with van der Waals surface area (Å²) < 4.78 is 0. The van der Waals surface area contributed by atoms with Gasteiger partial charge in [0.25, 0.3) is 11.8 Å². The summed E-state index contributed by atoms with van der Waals surface area (Å²) >= 11 is 0. The maximum absolute atomic E-state index is 12.1. The van der Waals surface area contributed by atoms with Crippen LogP contribution in [0.15, 0.2) is 24.3 Å². The molecule has 5 nitrogen and oxygen atoms in total. The van der Waals surface area contributed by atoms with Crippen LogP contribution in [-0.4, -0.2) is 48.6 Å². The summed E-state index contributed by atoms with van der Waals surface area (Å²) in [5.74, 6) is -0.410. The molecule has 1 rings (SSSR count). The fourth-order valence-electron chi connectivity index (χ4n) is 1.64. The second-order valence-electron chi connectivity index (χ2n) is 3.77. The Bertz CT molecular complexity index is 432. The third-order valence-electron chi connectivity index (χ3n) is 2.64. The summed E-state index contributed by atoms with van der Waals surface area (Å²) in [6, 6.07) is 6.54. The number of aliphatic hydroxyl groups excluding tert-OH is 1. The van der Waals surface area contributed by atoms with Crippen molar-refractivity contribution in [2.75, 3.05) is 26.7 Å². The van der Waals surface area contributed by atoms with Crippen LogP contribution >= 0.6 is 0 Å². The maximum Gasteiger partial charge on any atom is 0.253 e. The fraction of sp³-hybridized carbons (Fsp3) is 0.385. The number of likely N-dealkylation sites (N-methyl/N-ethyl adjacent to an activating group) is 1. The van der Waals surface area contributed by atoms with E-state index in [0.717, 1.165) is 0 Å². The van der Waals surface area contributed by atoms with Crippen LogP contribution in [0.5, 0.6) is 0 Å². The number of carbonyl (C=O) groups is 2. The van der Waals surface area contributed by atoms with Crippen molar-refractivity contribution in [1.82, 2.24) is 10.2 Å². The highest BCUT2D eigenvalue weighted by Gasteiger charge is 2.14. The Balaban J connectivity index is 2.95. The number of hydrogen-bond acceptors (Lipinski definition) is 3. The van der Waals surface area contributed by atoms with Gasteiger partial charge in [-0.25, -0.2) is 0 Å². The van der Waals surface area contributed by atoms with E-state index in [1.807, 2.05) is 6.92 Å². The van der Waals surface area contributed by atoms with Crippen molar-refractivity contribution in [3.63, 3.8) is 0 Å². The van der Waals surface area contributed by atoms with Crippen LogP contribution in [0.3, 0.4) is 0 Å². The second kappa shape index (κ2) is 6.76. The van der Waals surface area contributed by atoms with Gasteiger partial charge >= 0.3 is 0 Å². The predicted octanol–water partition coefficient (Wildman–Crippen LogP) is 0.501. The molecule has 2 N–H and O–H groups in total. The summed E-state index contributed by atoms with van der Waals surface area (Å²) in [6.07, 6.45) is 0. The molecule has 0 aromatic heterocycles. The van der Waals surface area contributed by atoms with Crippen LogP contribution in [0, 0.1) is 0 Å². The van der Waals surface area contributed by atoms with Crippen LogP contribution < -0.4 is 5.32 Å². The Kier molecular flexibility index (Phi) is 5.32. The van der Waals surface area contributed by atoms with Crippen LogP contribution in [0.4, 0.5) is 0 Å². The normalized spacial score (nSPS) is 9.94. The fourth-order valence-corrected chi connectivity index (χ4v) is 1.64. The van der Waals surface area contributed by atoms with Crippen molar-refractivity contribution < 1.29 is 14.7 Å². The molecule has 0 saturated heterocycles. The minimum absolute atomic E-state index is 0.0747. The zero-order valence-corrected chi connectivity index (χ0v) is 10.6. The van der Waals surface area contributed by atoms with Crippen molar-refractivity contribution in [3.8, 4) is 0 Å². The van der Waals surface area contributed by atoms with Crippen LogP contribution in [0.1, 0.15) is 27.6 Å². The summed E-state index contributed by atoms with van der Waals surface area (Å²) in [7, 11) is 1.54. The molecule has 0 spiro atoms. The number of nitrogens with zero attached hydrogens (tertiary/aromatic N) is 1. The van der Waals surface area contributed by atoms with E-state index in [-0.39, 0.29) is 18.4 Å². The Hall–Kier alpha value is -1.88. The van der Waals surface area contributed by atoms with Crippen molar-refractivity contribution >= 4 is 11.8 Å². The minimum atomic E-state index is -0.227. The third kappa shape index (κ3) is 3.30. The molecule has 0 saturated carbocycles. The van der Waals surface area contributed by atoms with Crippen LogP contribution in [0.2, 0.25) is 0 Å². The van der Waals surface area contributed by atoms with Crippen LogP contribution in [-0.2, 0) is 0 Å². The molecule has 0 atom stereocenters. The van der Waals surface area contributed by atoms with E-state index in [0.29, 0.717) is 24.2 Å². The first-order chi connectivity index (χ1) is 8.63. The van der Waals surface area contributed by atoms with Gasteiger partial charge in [0, 0.05) is 31.3 Å². The molecule has 0 aliphatic carbocycles. The van der Waals surface area contributed by atoms with E-state index in [4.69, 9.17) is 5.11 Å². The lowest BCUT2D eigenvalue weighted by Crippen LogP contribution is -2.33. The lowest BCUT2D eigenvalue weighted by molar-refractivity contribution is 0.0732. The number of nitrogens with one attached hydrogen (secondary N) is 1. The Labute approximate surface area is 106 Å². The molecule has 1 aromatic rings. The average molecular weight is 250 g/mol. The highest BCUT2D eigenvalue weighted by molar-refractivity contribution is 5.99. The molecular formula is C13H18N2O3. The summed E-state index contributed by atoms with van der Waals surface area (Å²) in [5.41, 5.74) is 0.898. The van der Waals surface area contributed by atoms with Gasteiger partial charge in [0.15, 0.2) is 0 Å². The van der Waals surface area contributed by atoms with Crippen molar-refractivity contribution in [1.29, 1.82) is 0 Å². The smallest absolute Gasteiger partial charge is 0.253 e. The molecule has 18 heavy (non-hydrogen) atoms. The zero-order chi connectivity index (χ0) is 13.5. The van der Waals surface area contributed by atoms with E-state index in [1.165, 1.54) is 4.90 Å². The number of hydrogen-bond donors (Lipinski definition) is 2. The maximum atomic E-state index is 12.1. The van der Waals surface area contributed by atoms with Crippen LogP contribution in [0.25, 0.3) is 0 Å². The molecule has 0 heterocycles. The first-order valence-electron chi connectivity index (χ1n) is 5.86. The van der Waals surface area contributed by atoms with Crippen molar-refractivity contribution in [2.45, 2.75) is 6.92 Å². The monoisotopic (exact) mass is 250 g/mol. The van der Waals surface area contributed by atoms with Gasteiger partial charge in [-0.3, -0.25) is 9.59 Å². The first-order valence-corrected chi connectivity index (χ1v) is 5.86. The predicted molar refractivity (Wildman–Crippen MR) is 68.5 cm³/mol. The topological polar surface area (TPSA) is 69.6 Å². The minimum Gasteiger partial charge on any atom is -0.395 e. The Morgan fingerprint density at radius 3 is 2.56 bits per heavy atom. The van der Waals surface area contributed by atoms with Gasteiger partial charge < -0.3 is 15.3 Å². The lowest BCUT2D eigenvalue weighted by Gasteiger charge is -2.19. The molecule has 0 bridgehead atoms. The van der Waals surface area contributed by atoms with Gasteiger partial charge in [0.1, 0.15) is 0 Å². The number of amides is 2. The van der Waals surface area contributed by atoms with Crippen molar-refractivity contribution in [3.05, 3.63) is 35.4 Å². The Morgan fingerprint density at radius 2 is 2.00 bits per heavy atom. The average Bonchev–Trinajstić information content (AvgIpc) is 2.43. The lowest BCUT2D eigenvalue weighted by atomic mass is 10.1. The van der Waals surface area contributed by atoms with E-state index < -0.39 is 0 Å². The Morgan fingerprint density at radius 1 is 1.33 bits per heavy atom. The molecule has 0 unspecified atom stereocenters. The van der Waals surface area contributed by atoms with Gasteiger partial charge in [-0.1, -0.05) is 6.07 Å². The molecule has 0 aliphatic rings. The van der Waals surface area contributed by atoms with E-state index in [2.05, 4.69) is 5.32 Å². The number of benzene rings is 1. The quantitative estimate of drug-likeness (QED) is 0.799. The van der Waals surface area contributed by atoms with E-state index in [9.17, 15) is 9.59 Å². The molecule has 1 aromatic carbocycles. The third-order valence-corrected chi connectivity index (χ3v) is 2.64. The summed E-state index contributed by atoms with van der Waals surface area (Å²) in [6.45, 7) is 2.58. The largest absolute Gasteiger partial charge is 0.395 e. The second-order valence-corrected chi connectivity index (χ2v) is 3.77.